The van der Waals surface area contributed by atoms with Crippen LogP contribution in [0, 0.1) is 11.3 Å². The van der Waals surface area contributed by atoms with E-state index < -0.39 is 27.8 Å². The van der Waals surface area contributed by atoms with Crippen molar-refractivity contribution >= 4 is 10.8 Å². The average molecular weight is 275 g/mol. The van der Waals surface area contributed by atoms with Crippen LogP contribution in [0.15, 0.2) is 29.2 Å². The molecule has 0 heterocycles. The Morgan fingerprint density at radius 2 is 2.11 bits per heavy atom. The van der Waals surface area contributed by atoms with Gasteiger partial charge in [-0.3, -0.25) is 4.21 Å². The van der Waals surface area contributed by atoms with Crippen LogP contribution in [0.3, 0.4) is 0 Å². The molecule has 0 saturated carbocycles. The molecule has 0 N–H and O–H groups in total. The number of benzene rings is 1. The minimum atomic E-state index is -4.45. The summed E-state index contributed by atoms with van der Waals surface area (Å²) < 4.78 is 49.6. The van der Waals surface area contributed by atoms with E-state index in [-0.39, 0.29) is 11.3 Å². The first-order valence-corrected chi connectivity index (χ1v) is 6.56. The second-order valence-corrected chi connectivity index (χ2v) is 5.45. The normalized spacial score (nSPS) is 14.8. The molecule has 0 amide bonds. The molecule has 18 heavy (non-hydrogen) atoms. The summed E-state index contributed by atoms with van der Waals surface area (Å²) in [5, 5.41) is 8.15. The van der Waals surface area contributed by atoms with Crippen molar-refractivity contribution in [3.05, 3.63) is 29.8 Å². The zero-order chi connectivity index (χ0) is 13.8. The topological polar surface area (TPSA) is 40.9 Å². The zero-order valence-corrected chi connectivity index (χ0v) is 10.5. The van der Waals surface area contributed by atoms with Crippen LogP contribution in [-0.4, -0.2) is 9.46 Å². The summed E-state index contributed by atoms with van der Waals surface area (Å²) in [6, 6.07) is 6.35. The SMILES string of the molecule is CCC(CC#N)S(=O)c1cccc(C(F)(F)F)c1. The van der Waals surface area contributed by atoms with E-state index in [4.69, 9.17) is 5.26 Å². The molecule has 1 aromatic rings. The third-order valence-corrected chi connectivity index (χ3v) is 4.29. The lowest BCUT2D eigenvalue weighted by Crippen LogP contribution is -2.14. The Labute approximate surface area is 106 Å². The van der Waals surface area contributed by atoms with Gasteiger partial charge in [0.1, 0.15) is 0 Å². The quantitative estimate of drug-likeness (QED) is 0.843. The summed E-state index contributed by atoms with van der Waals surface area (Å²) in [5.74, 6) is 0. The van der Waals surface area contributed by atoms with Crippen LogP contribution in [0.5, 0.6) is 0 Å². The van der Waals surface area contributed by atoms with Crippen molar-refractivity contribution in [2.75, 3.05) is 0 Å². The fraction of sp³-hybridized carbons (Fsp3) is 0.417. The molecule has 0 bridgehead atoms. The van der Waals surface area contributed by atoms with Crippen molar-refractivity contribution in [3.63, 3.8) is 0 Å². The molecular formula is C12H12F3NOS. The summed E-state index contributed by atoms with van der Waals surface area (Å²) in [7, 11) is -1.59. The number of hydrogen-bond acceptors (Lipinski definition) is 2. The molecule has 2 atom stereocenters. The Kier molecular flexibility index (Phi) is 4.91. The first-order chi connectivity index (χ1) is 8.40. The molecule has 0 spiro atoms. The van der Waals surface area contributed by atoms with Crippen LogP contribution < -0.4 is 0 Å². The maximum Gasteiger partial charge on any atom is 0.416 e. The molecule has 1 rings (SSSR count). The van der Waals surface area contributed by atoms with Gasteiger partial charge in [0.15, 0.2) is 0 Å². The Morgan fingerprint density at radius 1 is 1.44 bits per heavy atom. The Hall–Kier alpha value is -1.35. The van der Waals surface area contributed by atoms with Gasteiger partial charge in [0.05, 0.1) is 27.7 Å². The molecule has 98 valence electrons. The van der Waals surface area contributed by atoms with Crippen molar-refractivity contribution in [1.82, 2.24) is 0 Å². The predicted molar refractivity (Wildman–Crippen MR) is 62.2 cm³/mol. The zero-order valence-electron chi connectivity index (χ0n) is 9.70. The molecule has 2 unspecified atom stereocenters. The predicted octanol–water partition coefficient (Wildman–Crippen LogP) is 3.51. The number of nitriles is 1. The van der Waals surface area contributed by atoms with Crippen LogP contribution in [0.1, 0.15) is 25.3 Å². The van der Waals surface area contributed by atoms with Gasteiger partial charge in [-0.25, -0.2) is 0 Å². The maximum absolute atomic E-state index is 12.5. The van der Waals surface area contributed by atoms with Crippen LogP contribution >= 0.6 is 0 Å². The molecule has 1 aromatic carbocycles. The maximum atomic E-state index is 12.5. The second-order valence-electron chi connectivity index (χ2n) is 3.72. The largest absolute Gasteiger partial charge is 0.416 e. The lowest BCUT2D eigenvalue weighted by Gasteiger charge is -2.13. The molecule has 6 heteroatoms. The Bertz CT molecular complexity index is 479. The lowest BCUT2D eigenvalue weighted by molar-refractivity contribution is -0.137. The first kappa shape index (κ1) is 14.7. The van der Waals surface area contributed by atoms with E-state index in [0.29, 0.717) is 6.42 Å². The standard InChI is InChI=1S/C12H12F3NOS/c1-2-10(6-7-16)18(17)11-5-3-4-9(8-11)12(13,14)15/h3-5,8,10H,2,6H2,1H3. The van der Waals surface area contributed by atoms with Gasteiger partial charge in [-0.15, -0.1) is 0 Å². The van der Waals surface area contributed by atoms with E-state index in [2.05, 4.69) is 0 Å². The fourth-order valence-corrected chi connectivity index (χ4v) is 2.83. The molecule has 0 saturated heterocycles. The van der Waals surface area contributed by atoms with E-state index in [1.54, 1.807) is 6.92 Å². The van der Waals surface area contributed by atoms with Gasteiger partial charge >= 0.3 is 6.18 Å². The van der Waals surface area contributed by atoms with E-state index in [1.807, 2.05) is 6.07 Å². The van der Waals surface area contributed by atoms with E-state index in [0.717, 1.165) is 12.1 Å². The fourth-order valence-electron chi connectivity index (χ4n) is 1.46. The molecule has 0 radical (unpaired) electrons. The highest BCUT2D eigenvalue weighted by Gasteiger charge is 2.31. The number of hydrogen-bond donors (Lipinski definition) is 0. The smallest absolute Gasteiger partial charge is 0.254 e. The van der Waals surface area contributed by atoms with E-state index >= 15 is 0 Å². The average Bonchev–Trinajstić information content (AvgIpc) is 2.34. The molecule has 0 aliphatic rings. The first-order valence-electron chi connectivity index (χ1n) is 5.35. The summed E-state index contributed by atoms with van der Waals surface area (Å²) in [6.45, 7) is 1.76. The van der Waals surface area contributed by atoms with Crippen molar-refractivity contribution in [2.24, 2.45) is 0 Å². The molecule has 0 aromatic heterocycles. The van der Waals surface area contributed by atoms with Crippen molar-refractivity contribution in [2.45, 2.75) is 36.1 Å². The van der Waals surface area contributed by atoms with Crippen LogP contribution in [0.2, 0.25) is 0 Å². The highest BCUT2D eigenvalue weighted by Crippen LogP contribution is 2.30. The van der Waals surface area contributed by atoms with Gasteiger partial charge in [-0.2, -0.15) is 18.4 Å². The third kappa shape index (κ3) is 3.57. The van der Waals surface area contributed by atoms with Gasteiger partial charge in [0.2, 0.25) is 0 Å². The highest BCUT2D eigenvalue weighted by molar-refractivity contribution is 7.85. The number of nitrogens with zero attached hydrogens (tertiary/aromatic N) is 1. The molecule has 0 fully saturated rings. The number of alkyl halides is 3. The Morgan fingerprint density at radius 3 is 2.61 bits per heavy atom. The van der Waals surface area contributed by atoms with Crippen molar-refractivity contribution < 1.29 is 17.4 Å². The van der Waals surface area contributed by atoms with Crippen molar-refractivity contribution in [1.29, 1.82) is 5.26 Å². The summed E-state index contributed by atoms with van der Waals surface area (Å²) in [4.78, 5) is 0.118. The number of rotatable bonds is 4. The van der Waals surface area contributed by atoms with E-state index in [9.17, 15) is 17.4 Å². The van der Waals surface area contributed by atoms with Crippen LogP contribution in [0.25, 0.3) is 0 Å². The highest BCUT2D eigenvalue weighted by atomic mass is 32.2. The Balaban J connectivity index is 3.04. The summed E-state index contributed by atoms with van der Waals surface area (Å²) >= 11 is 0. The van der Waals surface area contributed by atoms with Crippen molar-refractivity contribution in [3.8, 4) is 6.07 Å². The van der Waals surface area contributed by atoms with Gasteiger partial charge in [0.25, 0.3) is 0 Å². The van der Waals surface area contributed by atoms with E-state index in [1.165, 1.54) is 12.1 Å². The van der Waals surface area contributed by atoms with Crippen LogP contribution in [-0.2, 0) is 17.0 Å². The van der Waals surface area contributed by atoms with Gasteiger partial charge < -0.3 is 0 Å². The molecule has 0 aliphatic heterocycles. The van der Waals surface area contributed by atoms with Gasteiger partial charge in [-0.05, 0) is 24.6 Å². The summed E-state index contributed by atoms with van der Waals surface area (Å²) in [5.41, 5.74) is -0.819. The third-order valence-electron chi connectivity index (χ3n) is 2.47. The minimum Gasteiger partial charge on any atom is -0.254 e. The number of halogens is 3. The molecule has 2 nitrogen and oxygen atoms in total. The molecule has 0 aliphatic carbocycles. The van der Waals surface area contributed by atoms with Gasteiger partial charge in [0, 0.05) is 11.3 Å². The second kappa shape index (κ2) is 6.01. The summed E-state index contributed by atoms with van der Waals surface area (Å²) in [6.07, 6.45) is -3.90. The molecular weight excluding hydrogens is 263 g/mol. The monoisotopic (exact) mass is 275 g/mol. The lowest BCUT2D eigenvalue weighted by atomic mass is 10.2. The van der Waals surface area contributed by atoms with Gasteiger partial charge in [-0.1, -0.05) is 13.0 Å². The minimum absolute atomic E-state index is 0.0688. The van der Waals surface area contributed by atoms with Crippen LogP contribution in [0.4, 0.5) is 13.2 Å².